The quantitative estimate of drug-likeness (QED) is 0.789. The Hall–Kier alpha value is -0.970. The van der Waals surface area contributed by atoms with Crippen LogP contribution in [0.15, 0.2) is 24.3 Å². The van der Waals surface area contributed by atoms with Crippen LogP contribution in [0, 0.1) is 5.82 Å². The van der Waals surface area contributed by atoms with Gasteiger partial charge in [0, 0.05) is 24.7 Å². The maximum Gasteiger partial charge on any atom is 0.129 e. The molecule has 0 amide bonds. The summed E-state index contributed by atoms with van der Waals surface area (Å²) >= 11 is 0. The van der Waals surface area contributed by atoms with Crippen molar-refractivity contribution >= 4 is 0 Å². The topological polar surface area (TPSA) is 35.5 Å². The van der Waals surface area contributed by atoms with Gasteiger partial charge in [0.15, 0.2) is 0 Å². The highest BCUT2D eigenvalue weighted by Gasteiger charge is 2.13. The third-order valence-electron chi connectivity index (χ3n) is 2.56. The zero-order valence-electron chi connectivity index (χ0n) is 10.7. The van der Waals surface area contributed by atoms with E-state index in [1.165, 1.54) is 6.07 Å². The maximum absolute atomic E-state index is 13.4. The van der Waals surface area contributed by atoms with Crippen molar-refractivity contribution in [2.24, 2.45) is 0 Å². The SMILES string of the molecule is CC(CN(C)C)NCC(O)c1ccccc1F. The van der Waals surface area contributed by atoms with E-state index in [2.05, 4.69) is 10.2 Å². The van der Waals surface area contributed by atoms with Crippen LogP contribution in [0.5, 0.6) is 0 Å². The average Bonchev–Trinajstić information content (AvgIpc) is 2.25. The fourth-order valence-corrected chi connectivity index (χ4v) is 1.78. The molecule has 3 nitrogen and oxygen atoms in total. The van der Waals surface area contributed by atoms with Gasteiger partial charge in [-0.3, -0.25) is 0 Å². The number of aliphatic hydroxyl groups is 1. The second kappa shape index (κ2) is 6.69. The largest absolute Gasteiger partial charge is 0.387 e. The van der Waals surface area contributed by atoms with Gasteiger partial charge in [0.1, 0.15) is 5.82 Å². The van der Waals surface area contributed by atoms with Crippen molar-refractivity contribution in [2.75, 3.05) is 27.2 Å². The van der Waals surface area contributed by atoms with Crippen LogP contribution >= 0.6 is 0 Å². The van der Waals surface area contributed by atoms with Gasteiger partial charge in [-0.05, 0) is 27.1 Å². The molecule has 0 radical (unpaired) electrons. The molecule has 0 aromatic heterocycles. The molecule has 4 heteroatoms. The van der Waals surface area contributed by atoms with E-state index in [-0.39, 0.29) is 11.9 Å². The molecular weight excluding hydrogens is 219 g/mol. The number of nitrogens with one attached hydrogen (secondary N) is 1. The van der Waals surface area contributed by atoms with Gasteiger partial charge < -0.3 is 15.3 Å². The molecule has 0 bridgehead atoms. The van der Waals surface area contributed by atoms with Crippen LogP contribution in [0.3, 0.4) is 0 Å². The van der Waals surface area contributed by atoms with Crippen molar-refractivity contribution in [1.82, 2.24) is 10.2 Å². The number of benzene rings is 1. The number of halogens is 1. The predicted octanol–water partition coefficient (Wildman–Crippen LogP) is 1.40. The van der Waals surface area contributed by atoms with E-state index in [4.69, 9.17) is 0 Å². The van der Waals surface area contributed by atoms with Crippen molar-refractivity contribution < 1.29 is 9.50 Å². The first-order valence-corrected chi connectivity index (χ1v) is 5.81. The van der Waals surface area contributed by atoms with E-state index in [0.717, 1.165) is 6.54 Å². The number of rotatable bonds is 6. The normalized spacial score (nSPS) is 14.9. The zero-order chi connectivity index (χ0) is 12.8. The Morgan fingerprint density at radius 2 is 2.00 bits per heavy atom. The summed E-state index contributed by atoms with van der Waals surface area (Å²) in [5, 5.41) is 13.0. The van der Waals surface area contributed by atoms with Crippen LogP contribution in [0.1, 0.15) is 18.6 Å². The van der Waals surface area contributed by atoms with Crippen LogP contribution in [0.4, 0.5) is 4.39 Å². The molecule has 17 heavy (non-hydrogen) atoms. The van der Waals surface area contributed by atoms with E-state index in [1.807, 2.05) is 21.0 Å². The smallest absolute Gasteiger partial charge is 0.129 e. The summed E-state index contributed by atoms with van der Waals surface area (Å²) < 4.78 is 13.4. The summed E-state index contributed by atoms with van der Waals surface area (Å²) in [7, 11) is 3.98. The molecule has 0 spiro atoms. The number of likely N-dealkylation sites (N-methyl/N-ethyl adjacent to an activating group) is 1. The van der Waals surface area contributed by atoms with Crippen molar-refractivity contribution in [3.05, 3.63) is 35.6 Å². The van der Waals surface area contributed by atoms with E-state index in [1.54, 1.807) is 18.2 Å². The number of hydrogen-bond acceptors (Lipinski definition) is 3. The highest BCUT2D eigenvalue weighted by Crippen LogP contribution is 2.15. The highest BCUT2D eigenvalue weighted by molar-refractivity contribution is 5.19. The van der Waals surface area contributed by atoms with E-state index in [0.29, 0.717) is 12.1 Å². The molecule has 2 atom stereocenters. The average molecular weight is 240 g/mol. The molecular formula is C13H21FN2O. The summed E-state index contributed by atoms with van der Waals surface area (Å²) in [6.07, 6.45) is -0.805. The monoisotopic (exact) mass is 240 g/mol. The third kappa shape index (κ3) is 4.81. The van der Waals surface area contributed by atoms with Crippen LogP contribution < -0.4 is 5.32 Å². The Kier molecular flexibility index (Phi) is 5.55. The zero-order valence-corrected chi connectivity index (χ0v) is 10.7. The van der Waals surface area contributed by atoms with Crippen LogP contribution in [0.2, 0.25) is 0 Å². The lowest BCUT2D eigenvalue weighted by Gasteiger charge is -2.20. The second-order valence-corrected chi connectivity index (χ2v) is 4.61. The fourth-order valence-electron chi connectivity index (χ4n) is 1.78. The number of aliphatic hydroxyl groups excluding tert-OH is 1. The van der Waals surface area contributed by atoms with Gasteiger partial charge in [-0.1, -0.05) is 18.2 Å². The van der Waals surface area contributed by atoms with E-state index < -0.39 is 6.10 Å². The summed E-state index contributed by atoms with van der Waals surface area (Å²) in [6.45, 7) is 3.27. The predicted molar refractivity (Wildman–Crippen MR) is 67.4 cm³/mol. The van der Waals surface area contributed by atoms with Gasteiger partial charge in [-0.2, -0.15) is 0 Å². The van der Waals surface area contributed by atoms with Crippen LogP contribution in [-0.2, 0) is 0 Å². The minimum Gasteiger partial charge on any atom is -0.387 e. The highest BCUT2D eigenvalue weighted by atomic mass is 19.1. The van der Waals surface area contributed by atoms with Gasteiger partial charge in [0.2, 0.25) is 0 Å². The lowest BCUT2D eigenvalue weighted by Crippen LogP contribution is -2.38. The molecule has 96 valence electrons. The standard InChI is InChI=1S/C13H21FN2O/c1-10(9-16(2)3)15-8-13(17)11-6-4-5-7-12(11)14/h4-7,10,13,15,17H,8-9H2,1-3H3. The Bertz CT molecular complexity index is 344. The molecule has 0 aliphatic heterocycles. The molecule has 0 heterocycles. The summed E-state index contributed by atoms with van der Waals surface area (Å²) in [5.41, 5.74) is 0.344. The molecule has 2 N–H and O–H groups in total. The van der Waals surface area contributed by atoms with Gasteiger partial charge in [0.25, 0.3) is 0 Å². The van der Waals surface area contributed by atoms with Gasteiger partial charge in [0.05, 0.1) is 6.10 Å². The molecule has 0 aliphatic carbocycles. The minimum atomic E-state index is -0.805. The molecule has 0 saturated heterocycles. The van der Waals surface area contributed by atoms with Crippen molar-refractivity contribution in [3.8, 4) is 0 Å². The van der Waals surface area contributed by atoms with Crippen molar-refractivity contribution in [3.63, 3.8) is 0 Å². The van der Waals surface area contributed by atoms with Crippen LogP contribution in [0.25, 0.3) is 0 Å². The van der Waals surface area contributed by atoms with E-state index in [9.17, 15) is 9.50 Å². The minimum absolute atomic E-state index is 0.256. The first-order valence-electron chi connectivity index (χ1n) is 5.81. The van der Waals surface area contributed by atoms with E-state index >= 15 is 0 Å². The number of hydrogen-bond donors (Lipinski definition) is 2. The van der Waals surface area contributed by atoms with Gasteiger partial charge in [-0.25, -0.2) is 4.39 Å². The maximum atomic E-state index is 13.4. The molecule has 2 unspecified atom stereocenters. The molecule has 0 saturated carbocycles. The number of nitrogens with zero attached hydrogens (tertiary/aromatic N) is 1. The third-order valence-corrected chi connectivity index (χ3v) is 2.56. The Labute approximate surface area is 102 Å². The van der Waals surface area contributed by atoms with Crippen molar-refractivity contribution in [1.29, 1.82) is 0 Å². The van der Waals surface area contributed by atoms with Gasteiger partial charge >= 0.3 is 0 Å². The second-order valence-electron chi connectivity index (χ2n) is 4.61. The van der Waals surface area contributed by atoms with Gasteiger partial charge in [-0.15, -0.1) is 0 Å². The fraction of sp³-hybridized carbons (Fsp3) is 0.538. The Morgan fingerprint density at radius 3 is 2.59 bits per heavy atom. The van der Waals surface area contributed by atoms with Crippen LogP contribution in [-0.4, -0.2) is 43.2 Å². The lowest BCUT2D eigenvalue weighted by molar-refractivity contribution is 0.163. The molecule has 1 aromatic rings. The molecule has 1 rings (SSSR count). The first-order chi connectivity index (χ1) is 8.00. The van der Waals surface area contributed by atoms with Crippen molar-refractivity contribution in [2.45, 2.75) is 19.1 Å². The first kappa shape index (κ1) is 14.1. The summed E-state index contributed by atoms with van der Waals surface area (Å²) in [4.78, 5) is 2.06. The lowest BCUT2D eigenvalue weighted by atomic mass is 10.1. The molecule has 1 aromatic carbocycles. The Balaban J connectivity index is 2.45. The summed E-state index contributed by atoms with van der Waals surface area (Å²) in [5.74, 6) is -0.359. The molecule has 0 aliphatic rings. The molecule has 0 fully saturated rings. The summed E-state index contributed by atoms with van der Waals surface area (Å²) in [6, 6.07) is 6.57. The Morgan fingerprint density at radius 1 is 1.35 bits per heavy atom.